The summed E-state index contributed by atoms with van der Waals surface area (Å²) in [5.41, 5.74) is 5.36. The number of rotatable bonds is 9. The van der Waals surface area contributed by atoms with Crippen LogP contribution in [0.4, 0.5) is 5.69 Å². The maximum absolute atomic E-state index is 5.45. The number of aromatic nitrogens is 4. The minimum atomic E-state index is -2.44. The number of unbranched alkanes of at least 4 members (excludes halogenated alkanes) is 2. The standard InChI is InChI=1S/C31H50N5Si.C5H12.C4H14NSi2.Mg/c1-28(2,3)23-20-25(30(7,8)9)35(32-23)27(37(13,14)34-22-18-16-15-17-19-22)36-26(31(10,11)12)21-24(33-36)29(4,5)6;1-3-5-4-2;1-6(2)5-7(3)4;/h15-21,27H,1-14H3;3-5H2,1-2H3;6-7H,1-4H3;/q-1;;-1;+2. The van der Waals surface area contributed by atoms with E-state index in [2.05, 4.69) is 187 Å². The summed E-state index contributed by atoms with van der Waals surface area (Å²) in [6, 6.07) is 15.0. The summed E-state index contributed by atoms with van der Waals surface area (Å²) in [5, 5.41) is 10.7. The minimum Gasteiger partial charge on any atom is -0.684 e. The van der Waals surface area contributed by atoms with Gasteiger partial charge in [-0.05, 0) is 12.1 Å². The molecule has 50 heavy (non-hydrogen) atoms. The average Bonchev–Trinajstić information content (AvgIpc) is 3.55. The Morgan fingerprint density at radius 1 is 0.640 bits per heavy atom. The van der Waals surface area contributed by atoms with Gasteiger partial charge in [0.2, 0.25) is 0 Å². The summed E-state index contributed by atoms with van der Waals surface area (Å²) in [5.74, 6) is -0.122. The molecule has 0 saturated carbocycles. The fourth-order valence-corrected chi connectivity index (χ4v) is 12.9. The van der Waals surface area contributed by atoms with Crippen LogP contribution in [0, 0.1) is 0 Å². The van der Waals surface area contributed by atoms with Crippen LogP contribution in [0.3, 0.4) is 0 Å². The Bertz CT molecular complexity index is 1310. The third-order valence-electron chi connectivity index (χ3n) is 8.12. The molecule has 0 N–H and O–H groups in total. The van der Waals surface area contributed by atoms with Crippen molar-refractivity contribution in [3.05, 3.63) is 74.9 Å². The molecule has 0 aliphatic heterocycles. The van der Waals surface area contributed by atoms with E-state index in [0.29, 0.717) is 0 Å². The van der Waals surface area contributed by atoms with E-state index in [4.69, 9.17) is 15.2 Å². The van der Waals surface area contributed by atoms with Gasteiger partial charge in [0.1, 0.15) is 5.79 Å². The molecule has 0 amide bonds. The molecule has 0 spiro atoms. The zero-order chi connectivity index (χ0) is 38.2. The molecule has 6 nitrogen and oxygen atoms in total. The van der Waals surface area contributed by atoms with Crippen molar-refractivity contribution in [1.29, 1.82) is 0 Å². The summed E-state index contributed by atoms with van der Waals surface area (Å²) in [4.78, 5) is 5.45. The SMILES string of the molecule is CC(C)(C)c1cc(C(C)(C)C)n(C(n2nc(C(C)(C)C)cc2C(C)(C)C)[Si](C)(C)[N-]c2ccccc2)n1.CCCCC.C[SiH](C)[N-][SiH](C)C.[Mg+2]. The molecule has 0 saturated heterocycles. The molecule has 3 aromatic rings. The quantitative estimate of drug-likeness (QED) is 0.205. The topological polar surface area (TPSA) is 63.8 Å². The van der Waals surface area contributed by atoms with Gasteiger partial charge in [-0.25, -0.2) is 9.36 Å². The van der Waals surface area contributed by atoms with Crippen LogP contribution < -0.4 is 0 Å². The summed E-state index contributed by atoms with van der Waals surface area (Å²) in [7, 11) is -3.52. The molecule has 0 atom stereocenters. The molecule has 10 heteroatoms. The van der Waals surface area contributed by atoms with Crippen LogP contribution in [0.2, 0.25) is 39.3 Å². The molecular formula is C40H76MgN6Si3. The predicted octanol–water partition coefficient (Wildman–Crippen LogP) is 11.9. The largest absolute Gasteiger partial charge is 2.00 e. The first-order valence-corrected chi connectivity index (χ1v) is 27.5. The zero-order valence-electron chi connectivity index (χ0n) is 36.3. The molecule has 2 aromatic heterocycles. The van der Waals surface area contributed by atoms with Gasteiger partial charge in [0, 0.05) is 41.3 Å². The van der Waals surface area contributed by atoms with E-state index in [-0.39, 0.29) is 50.5 Å². The van der Waals surface area contributed by atoms with Crippen LogP contribution in [0.25, 0.3) is 9.63 Å². The van der Waals surface area contributed by atoms with Gasteiger partial charge in [0.15, 0.2) is 0 Å². The number of hydrogen-bond acceptors (Lipinski definition) is 2. The monoisotopic (exact) mass is 749 g/mol. The molecule has 2 heterocycles. The van der Waals surface area contributed by atoms with Gasteiger partial charge < -0.3 is 9.63 Å². The van der Waals surface area contributed by atoms with Crippen molar-refractivity contribution in [3.8, 4) is 0 Å². The molecule has 0 aliphatic carbocycles. The molecule has 3 rings (SSSR count). The summed E-state index contributed by atoms with van der Waals surface area (Å²) in [6.45, 7) is 45.3. The van der Waals surface area contributed by atoms with Gasteiger partial charge >= 0.3 is 23.1 Å². The van der Waals surface area contributed by atoms with Crippen molar-refractivity contribution < 1.29 is 0 Å². The Morgan fingerprint density at radius 2 is 1.00 bits per heavy atom. The second-order valence-electron chi connectivity index (χ2n) is 18.9. The average molecular weight is 750 g/mol. The smallest absolute Gasteiger partial charge is 0.684 e. The molecule has 0 aliphatic rings. The Labute approximate surface area is 330 Å². The van der Waals surface area contributed by atoms with E-state index < -0.39 is 26.2 Å². The first kappa shape index (κ1) is 48.8. The molecular weight excluding hydrogens is 673 g/mol. The Hall–Kier alpha value is -1.18. The number of nitrogens with zero attached hydrogens (tertiary/aromatic N) is 6. The van der Waals surface area contributed by atoms with E-state index in [1.54, 1.807) is 0 Å². The van der Waals surface area contributed by atoms with Crippen LogP contribution in [0.1, 0.15) is 145 Å². The van der Waals surface area contributed by atoms with Gasteiger partial charge in [-0.15, -0.1) is 5.69 Å². The molecule has 0 unspecified atom stereocenters. The first-order chi connectivity index (χ1) is 22.2. The van der Waals surface area contributed by atoms with Gasteiger partial charge in [-0.1, -0.05) is 204 Å². The van der Waals surface area contributed by atoms with Gasteiger partial charge in [0.05, 0.1) is 11.4 Å². The van der Waals surface area contributed by atoms with E-state index in [0.717, 1.165) is 17.1 Å². The second kappa shape index (κ2) is 19.8. The van der Waals surface area contributed by atoms with Crippen LogP contribution in [-0.4, -0.2) is 68.8 Å². The predicted molar refractivity (Wildman–Crippen MR) is 233 cm³/mol. The molecule has 0 radical (unpaired) electrons. The maximum atomic E-state index is 5.45. The van der Waals surface area contributed by atoms with E-state index >= 15 is 0 Å². The van der Waals surface area contributed by atoms with Crippen LogP contribution in [0.5, 0.6) is 0 Å². The van der Waals surface area contributed by atoms with Crippen LogP contribution in [-0.2, 0) is 21.7 Å². The summed E-state index contributed by atoms with van der Waals surface area (Å²) < 4.78 is 9.13. The Kier molecular flexibility index (Phi) is 19.3. The van der Waals surface area contributed by atoms with Crippen molar-refractivity contribution >= 4 is 54.9 Å². The summed E-state index contributed by atoms with van der Waals surface area (Å²) in [6.07, 6.45) is 4.08. The minimum absolute atomic E-state index is 0. The van der Waals surface area contributed by atoms with Gasteiger partial charge in [0.25, 0.3) is 0 Å². The third kappa shape index (κ3) is 15.4. The normalized spacial score (nSPS) is 12.7. The first-order valence-electron chi connectivity index (χ1n) is 18.9. The molecule has 0 fully saturated rings. The Balaban J connectivity index is 0.00000158. The summed E-state index contributed by atoms with van der Waals surface area (Å²) >= 11 is 0. The van der Waals surface area contributed by atoms with E-state index in [1.165, 1.54) is 30.7 Å². The van der Waals surface area contributed by atoms with Crippen molar-refractivity contribution in [2.24, 2.45) is 0 Å². The second-order valence-corrected chi connectivity index (χ2v) is 28.5. The molecule has 1 aromatic carbocycles. The van der Waals surface area contributed by atoms with Crippen LogP contribution >= 0.6 is 0 Å². The van der Waals surface area contributed by atoms with Crippen molar-refractivity contribution in [3.63, 3.8) is 0 Å². The maximum Gasteiger partial charge on any atom is 2.00 e. The van der Waals surface area contributed by atoms with Crippen LogP contribution in [0.15, 0.2) is 42.5 Å². The fourth-order valence-electron chi connectivity index (χ4n) is 5.56. The number of hydrogen-bond donors (Lipinski definition) is 0. The van der Waals surface area contributed by atoms with Gasteiger partial charge in [-0.3, -0.25) is 0 Å². The van der Waals surface area contributed by atoms with Crippen molar-refractivity contribution in [2.45, 2.75) is 183 Å². The number of benzene rings is 1. The molecule has 0 bridgehead atoms. The zero-order valence-corrected chi connectivity index (χ0v) is 41.0. The van der Waals surface area contributed by atoms with E-state index in [9.17, 15) is 0 Å². The van der Waals surface area contributed by atoms with Gasteiger partial charge in [-0.2, -0.15) is 10.2 Å². The fraction of sp³-hybridized carbons (Fsp3) is 0.700. The van der Waals surface area contributed by atoms with Crippen molar-refractivity contribution in [1.82, 2.24) is 19.6 Å². The van der Waals surface area contributed by atoms with Crippen molar-refractivity contribution in [2.75, 3.05) is 0 Å². The molecule has 280 valence electrons. The Morgan fingerprint density at radius 3 is 1.24 bits per heavy atom. The third-order valence-corrected chi connectivity index (χ3v) is 15.5. The van der Waals surface area contributed by atoms with E-state index in [1.807, 2.05) is 6.07 Å².